The van der Waals surface area contributed by atoms with Crippen LogP contribution in [0.5, 0.6) is 17.2 Å². The molecule has 0 radical (unpaired) electrons. The van der Waals surface area contributed by atoms with Crippen LogP contribution in [0.25, 0.3) is 0 Å². The van der Waals surface area contributed by atoms with Gasteiger partial charge in [0.2, 0.25) is 0 Å². The molecule has 0 saturated carbocycles. The summed E-state index contributed by atoms with van der Waals surface area (Å²) in [5.41, 5.74) is 3.40. The second-order valence-corrected chi connectivity index (χ2v) is 8.56. The highest BCUT2D eigenvalue weighted by molar-refractivity contribution is 6.30. The Kier molecular flexibility index (Phi) is 6.50. The van der Waals surface area contributed by atoms with Crippen molar-refractivity contribution in [2.45, 2.75) is 25.7 Å². The Bertz CT molecular complexity index is 1270. The number of halogens is 1. The molecule has 5 heteroatoms. The van der Waals surface area contributed by atoms with E-state index in [0.29, 0.717) is 41.0 Å². The van der Waals surface area contributed by atoms with Gasteiger partial charge in [-0.1, -0.05) is 84.4 Å². The lowest BCUT2D eigenvalue weighted by molar-refractivity contribution is 0.0841. The van der Waals surface area contributed by atoms with Gasteiger partial charge in [-0.15, -0.1) is 0 Å². The summed E-state index contributed by atoms with van der Waals surface area (Å²) in [5.74, 6) is 1.47. The van der Waals surface area contributed by atoms with Crippen molar-refractivity contribution in [1.82, 2.24) is 0 Å². The minimum Gasteiger partial charge on any atom is -0.489 e. The van der Waals surface area contributed by atoms with Crippen molar-refractivity contribution in [2.24, 2.45) is 0 Å². The largest absolute Gasteiger partial charge is 0.489 e. The number of carbonyl (C=O) groups is 1. The quantitative estimate of drug-likeness (QED) is 0.286. The van der Waals surface area contributed by atoms with E-state index < -0.39 is 6.10 Å². The number of Topliss-reactive ketones (excluding diaryl/α,β-unsaturated/α-hetero) is 1. The average Bonchev–Trinajstić information content (AvgIpc) is 2.87. The van der Waals surface area contributed by atoms with Gasteiger partial charge < -0.3 is 14.2 Å². The molecule has 1 heterocycles. The van der Waals surface area contributed by atoms with Crippen LogP contribution in [0, 0.1) is 0 Å². The summed E-state index contributed by atoms with van der Waals surface area (Å²) in [6, 6.07) is 30.7. The van der Waals surface area contributed by atoms with Crippen molar-refractivity contribution in [1.29, 1.82) is 0 Å². The molecule has 0 aliphatic carbocycles. The van der Waals surface area contributed by atoms with Gasteiger partial charge in [0.05, 0.1) is 6.42 Å². The molecule has 4 aromatic rings. The van der Waals surface area contributed by atoms with E-state index in [1.807, 2.05) is 72.8 Å². The Balaban J connectivity index is 1.45. The molecular weight excluding hydrogens is 448 g/mol. The molecule has 0 fully saturated rings. The van der Waals surface area contributed by atoms with Crippen LogP contribution in [-0.2, 0) is 13.2 Å². The lowest BCUT2D eigenvalue weighted by atomic mass is 9.95. The molecule has 0 aromatic heterocycles. The van der Waals surface area contributed by atoms with E-state index >= 15 is 0 Å². The number of hydrogen-bond acceptors (Lipinski definition) is 4. The van der Waals surface area contributed by atoms with Crippen LogP contribution in [0.3, 0.4) is 0 Å². The summed E-state index contributed by atoms with van der Waals surface area (Å²) < 4.78 is 18.5. The highest BCUT2D eigenvalue weighted by Gasteiger charge is 2.31. The Morgan fingerprint density at radius 1 is 0.794 bits per heavy atom. The molecule has 1 unspecified atom stereocenters. The number of carbonyl (C=O) groups excluding carboxylic acids is 1. The zero-order valence-electron chi connectivity index (χ0n) is 18.4. The van der Waals surface area contributed by atoms with Crippen molar-refractivity contribution in [3.63, 3.8) is 0 Å². The maximum atomic E-state index is 13.2. The molecular formula is C29H23ClO4. The van der Waals surface area contributed by atoms with E-state index in [2.05, 4.69) is 0 Å². The first-order valence-corrected chi connectivity index (χ1v) is 11.5. The molecule has 5 rings (SSSR count). The third-order valence-electron chi connectivity index (χ3n) is 5.69. The van der Waals surface area contributed by atoms with E-state index in [9.17, 15) is 4.79 Å². The summed E-state index contributed by atoms with van der Waals surface area (Å²) in [5, 5.41) is 0.638. The Morgan fingerprint density at radius 2 is 1.41 bits per heavy atom. The number of ketones is 1. The minimum atomic E-state index is -0.399. The third-order valence-corrected chi connectivity index (χ3v) is 5.94. The lowest BCUT2D eigenvalue weighted by Gasteiger charge is -2.27. The smallest absolute Gasteiger partial charge is 0.174 e. The zero-order valence-corrected chi connectivity index (χ0v) is 19.2. The van der Waals surface area contributed by atoms with Gasteiger partial charge in [-0.25, -0.2) is 0 Å². The summed E-state index contributed by atoms with van der Waals surface area (Å²) in [7, 11) is 0. The monoisotopic (exact) mass is 470 g/mol. The van der Waals surface area contributed by atoms with E-state index in [0.717, 1.165) is 16.7 Å². The number of benzene rings is 4. The molecule has 0 N–H and O–H groups in total. The van der Waals surface area contributed by atoms with Crippen LogP contribution in [-0.4, -0.2) is 5.78 Å². The van der Waals surface area contributed by atoms with Gasteiger partial charge in [-0.05, 0) is 28.8 Å². The first-order valence-electron chi connectivity index (χ1n) is 11.1. The van der Waals surface area contributed by atoms with Gasteiger partial charge >= 0.3 is 0 Å². The van der Waals surface area contributed by atoms with E-state index in [1.54, 1.807) is 24.3 Å². The fourth-order valence-electron chi connectivity index (χ4n) is 3.94. The molecule has 34 heavy (non-hydrogen) atoms. The summed E-state index contributed by atoms with van der Waals surface area (Å²) >= 11 is 6.03. The zero-order chi connectivity index (χ0) is 23.3. The number of rotatable bonds is 7. The maximum absolute atomic E-state index is 13.2. The van der Waals surface area contributed by atoms with E-state index in [1.165, 1.54) is 0 Å². The van der Waals surface area contributed by atoms with Gasteiger partial charge in [-0.2, -0.15) is 0 Å². The van der Waals surface area contributed by atoms with Gasteiger partial charge in [-0.3, -0.25) is 4.79 Å². The summed E-state index contributed by atoms with van der Waals surface area (Å²) in [4.78, 5) is 13.2. The Hall–Kier alpha value is -3.76. The molecule has 170 valence electrons. The van der Waals surface area contributed by atoms with E-state index in [4.69, 9.17) is 25.8 Å². The van der Waals surface area contributed by atoms with Crippen LogP contribution in [0.15, 0.2) is 97.1 Å². The molecule has 0 saturated heterocycles. The first kappa shape index (κ1) is 22.1. The molecule has 1 atom stereocenters. The highest BCUT2D eigenvalue weighted by Crippen LogP contribution is 2.43. The average molecular weight is 471 g/mol. The number of fused-ring (bicyclic) bond motifs is 1. The topological polar surface area (TPSA) is 44.8 Å². The van der Waals surface area contributed by atoms with Crippen molar-refractivity contribution < 1.29 is 19.0 Å². The second kappa shape index (κ2) is 10.0. The molecule has 4 nitrogen and oxygen atoms in total. The molecule has 0 spiro atoms. The Morgan fingerprint density at radius 3 is 2.06 bits per heavy atom. The summed E-state index contributed by atoms with van der Waals surface area (Å²) in [6.45, 7) is 0.732. The first-order chi connectivity index (χ1) is 16.7. The lowest BCUT2D eigenvalue weighted by Crippen LogP contribution is -2.21. The van der Waals surface area contributed by atoms with Crippen LogP contribution in [0.1, 0.15) is 39.6 Å². The maximum Gasteiger partial charge on any atom is 0.174 e. The molecule has 4 aromatic carbocycles. The standard InChI is InChI=1S/C29H23ClO4/c30-23-13-11-22(12-14-23)26-17-25(31)29-27(33-19-21-9-5-2-6-10-21)15-24(16-28(29)34-26)32-18-20-7-3-1-4-8-20/h1-16,26H,17-19H2. The van der Waals surface area contributed by atoms with Crippen LogP contribution in [0.4, 0.5) is 0 Å². The van der Waals surface area contributed by atoms with Crippen LogP contribution in [0.2, 0.25) is 5.02 Å². The van der Waals surface area contributed by atoms with Crippen molar-refractivity contribution >= 4 is 17.4 Å². The van der Waals surface area contributed by atoms with Gasteiger partial charge in [0.1, 0.15) is 42.1 Å². The van der Waals surface area contributed by atoms with Crippen LogP contribution < -0.4 is 14.2 Å². The normalized spacial score (nSPS) is 14.7. The molecule has 1 aliphatic rings. The van der Waals surface area contributed by atoms with Crippen LogP contribution >= 0.6 is 11.6 Å². The fraction of sp³-hybridized carbons (Fsp3) is 0.138. The predicted molar refractivity (Wildman–Crippen MR) is 132 cm³/mol. The fourth-order valence-corrected chi connectivity index (χ4v) is 4.06. The summed E-state index contributed by atoms with van der Waals surface area (Å²) in [6.07, 6.45) is -0.177. The van der Waals surface area contributed by atoms with Gasteiger partial charge in [0.15, 0.2) is 5.78 Å². The number of ether oxygens (including phenoxy) is 3. The van der Waals surface area contributed by atoms with Gasteiger partial charge in [0, 0.05) is 17.2 Å². The Labute approximate surface area is 203 Å². The molecule has 1 aliphatic heterocycles. The predicted octanol–water partition coefficient (Wildman–Crippen LogP) is 7.20. The SMILES string of the molecule is O=C1CC(c2ccc(Cl)cc2)Oc2cc(OCc3ccccc3)cc(OCc3ccccc3)c21. The number of hydrogen-bond donors (Lipinski definition) is 0. The second-order valence-electron chi connectivity index (χ2n) is 8.13. The van der Waals surface area contributed by atoms with E-state index in [-0.39, 0.29) is 12.2 Å². The minimum absolute atomic E-state index is 0.0288. The van der Waals surface area contributed by atoms with Crippen molar-refractivity contribution in [3.8, 4) is 17.2 Å². The van der Waals surface area contributed by atoms with Gasteiger partial charge in [0.25, 0.3) is 0 Å². The molecule has 0 bridgehead atoms. The highest BCUT2D eigenvalue weighted by atomic mass is 35.5. The molecule has 0 amide bonds. The van der Waals surface area contributed by atoms with Crippen molar-refractivity contribution in [2.75, 3.05) is 0 Å². The third kappa shape index (κ3) is 5.08. The van der Waals surface area contributed by atoms with Crippen molar-refractivity contribution in [3.05, 3.63) is 124 Å².